The molecule has 0 unspecified atom stereocenters. The average Bonchev–Trinajstić information content (AvgIpc) is 3.11. The van der Waals surface area contributed by atoms with Crippen molar-refractivity contribution in [3.05, 3.63) is 0 Å². The van der Waals surface area contributed by atoms with Crippen molar-refractivity contribution in [1.82, 2.24) is 16.0 Å². The Morgan fingerprint density at radius 2 is 0.923 bits per heavy atom. The van der Waals surface area contributed by atoms with Gasteiger partial charge in [-0.05, 0) is 19.8 Å². The average molecular weight is 744 g/mol. The van der Waals surface area contributed by atoms with Crippen LogP contribution in [-0.2, 0) is 42.9 Å². The number of amides is 3. The third-order valence-corrected chi connectivity index (χ3v) is 8.47. The number of carbonyl (C=O) groups is 5. The molecule has 0 heterocycles. The van der Waals surface area contributed by atoms with E-state index in [1.807, 2.05) is 0 Å². The molecule has 0 radical (unpaired) electrons. The molecule has 13 heteroatoms. The van der Waals surface area contributed by atoms with Gasteiger partial charge in [0.1, 0.15) is 19.3 Å². The molecule has 13 nitrogen and oxygen atoms in total. The van der Waals surface area contributed by atoms with Crippen LogP contribution in [0.2, 0.25) is 0 Å². The van der Waals surface area contributed by atoms with Gasteiger partial charge in [0.2, 0.25) is 17.7 Å². The summed E-state index contributed by atoms with van der Waals surface area (Å²) in [5.41, 5.74) is 0. The highest BCUT2D eigenvalue weighted by Crippen LogP contribution is 2.14. The van der Waals surface area contributed by atoms with Gasteiger partial charge in [-0.2, -0.15) is 0 Å². The van der Waals surface area contributed by atoms with E-state index in [2.05, 4.69) is 22.9 Å². The Balaban J connectivity index is 3.64. The third-order valence-electron chi connectivity index (χ3n) is 8.47. The van der Waals surface area contributed by atoms with Crippen LogP contribution in [0.1, 0.15) is 149 Å². The molecule has 0 aliphatic heterocycles. The molecule has 0 rings (SSSR count). The molecular formula is C39H73N3O10. The van der Waals surface area contributed by atoms with Crippen molar-refractivity contribution >= 4 is 29.5 Å². The van der Waals surface area contributed by atoms with Crippen LogP contribution >= 0.6 is 0 Å². The summed E-state index contributed by atoms with van der Waals surface area (Å²) < 4.78 is 21.0. The van der Waals surface area contributed by atoms with Crippen LogP contribution in [0.15, 0.2) is 0 Å². The topological polar surface area (TPSA) is 179 Å². The molecule has 0 bridgehead atoms. The summed E-state index contributed by atoms with van der Waals surface area (Å²) in [7, 11) is 0. The number of hydrogen-bond donors (Lipinski definition) is 4. The maximum atomic E-state index is 12.3. The molecule has 1 atom stereocenters. The van der Waals surface area contributed by atoms with Crippen LogP contribution in [-0.4, -0.2) is 107 Å². The highest BCUT2D eigenvalue weighted by Gasteiger charge is 2.20. The van der Waals surface area contributed by atoms with Gasteiger partial charge in [-0.1, -0.05) is 116 Å². The Bertz CT molecular complexity index is 906. The summed E-state index contributed by atoms with van der Waals surface area (Å²) in [6.07, 6.45) is 23.2. The van der Waals surface area contributed by atoms with Gasteiger partial charge in [0.05, 0.1) is 39.6 Å². The fraction of sp³-hybridized carbons (Fsp3) is 0.872. The summed E-state index contributed by atoms with van der Waals surface area (Å²) in [6, 6.07) is -1.11. The number of carboxylic acids is 1. The number of Topliss-reactive ketones (excluding diaryl/α,β-unsaturated/α-hetero) is 1. The van der Waals surface area contributed by atoms with Crippen molar-refractivity contribution < 1.29 is 48.0 Å². The van der Waals surface area contributed by atoms with Gasteiger partial charge in [-0.3, -0.25) is 19.2 Å². The van der Waals surface area contributed by atoms with E-state index >= 15 is 0 Å². The molecule has 0 fully saturated rings. The third kappa shape index (κ3) is 37.2. The fourth-order valence-corrected chi connectivity index (χ4v) is 5.47. The molecule has 0 aromatic carbocycles. The van der Waals surface area contributed by atoms with Gasteiger partial charge >= 0.3 is 5.97 Å². The number of hydrogen-bond acceptors (Lipinski definition) is 9. The quantitative estimate of drug-likeness (QED) is 0.0573. The summed E-state index contributed by atoms with van der Waals surface area (Å²) in [4.78, 5) is 58.6. The van der Waals surface area contributed by atoms with Crippen molar-refractivity contribution in [2.24, 2.45) is 0 Å². The van der Waals surface area contributed by atoms with E-state index in [9.17, 15) is 29.1 Å². The second-order valence-electron chi connectivity index (χ2n) is 13.5. The first-order valence-corrected chi connectivity index (χ1v) is 20.1. The van der Waals surface area contributed by atoms with Crippen molar-refractivity contribution in [3.8, 4) is 0 Å². The van der Waals surface area contributed by atoms with Crippen LogP contribution in [0.3, 0.4) is 0 Å². The first-order chi connectivity index (χ1) is 25.3. The monoisotopic (exact) mass is 744 g/mol. The first-order valence-electron chi connectivity index (χ1n) is 20.1. The number of unbranched alkanes of at least 4 members (excludes halogenated alkanes) is 17. The predicted molar refractivity (Wildman–Crippen MR) is 202 cm³/mol. The number of nitrogens with one attached hydrogen (secondary N) is 3. The van der Waals surface area contributed by atoms with Crippen LogP contribution in [0, 0.1) is 0 Å². The standard InChI is InChI=1S/C39H73N3O10/c1-3-4-5-6-7-8-9-10-11-12-13-14-15-16-17-18-19-20-21-37(45)42-35(39(47)48)22-23-36(44)40-24-26-49-29-31-52-33-38(46)41-25-27-50-28-30-51-32-34(2)43/h35H,3-33H2,1-2H3,(H,40,44)(H,41,46)(H,42,45)(H,47,48)/t35-/m0/s1. The van der Waals surface area contributed by atoms with E-state index in [4.69, 9.17) is 18.9 Å². The zero-order chi connectivity index (χ0) is 38.3. The Hall–Kier alpha value is -2.61. The largest absolute Gasteiger partial charge is 0.480 e. The second kappa shape index (κ2) is 38.1. The zero-order valence-corrected chi connectivity index (χ0v) is 32.6. The highest BCUT2D eigenvalue weighted by atomic mass is 16.5. The lowest BCUT2D eigenvalue weighted by molar-refractivity contribution is -0.142. The molecule has 0 saturated carbocycles. The van der Waals surface area contributed by atoms with Crippen LogP contribution in [0.25, 0.3) is 0 Å². The van der Waals surface area contributed by atoms with Crippen molar-refractivity contribution in [1.29, 1.82) is 0 Å². The van der Waals surface area contributed by atoms with Gasteiger partial charge < -0.3 is 40.0 Å². The lowest BCUT2D eigenvalue weighted by atomic mass is 10.0. The minimum absolute atomic E-state index is 0.00442. The Morgan fingerprint density at radius 3 is 1.38 bits per heavy atom. The minimum atomic E-state index is -1.16. The van der Waals surface area contributed by atoms with Crippen LogP contribution < -0.4 is 16.0 Å². The number of ketones is 1. The predicted octanol–water partition coefficient (Wildman–Crippen LogP) is 5.66. The molecule has 0 aliphatic rings. The molecule has 0 aliphatic carbocycles. The summed E-state index contributed by atoms with van der Waals surface area (Å²) in [5.74, 6) is -2.11. The van der Waals surface area contributed by atoms with E-state index in [0.29, 0.717) is 26.4 Å². The zero-order valence-electron chi connectivity index (χ0n) is 32.6. The molecule has 304 valence electrons. The molecule has 0 spiro atoms. The molecular weight excluding hydrogens is 670 g/mol. The van der Waals surface area contributed by atoms with E-state index < -0.39 is 12.0 Å². The van der Waals surface area contributed by atoms with Crippen LogP contribution in [0.4, 0.5) is 0 Å². The van der Waals surface area contributed by atoms with Crippen molar-refractivity contribution in [2.75, 3.05) is 65.9 Å². The normalized spacial score (nSPS) is 11.7. The summed E-state index contributed by atoms with van der Waals surface area (Å²) in [6.45, 7) is 5.83. The molecule has 0 aromatic heterocycles. The number of carbonyl (C=O) groups excluding carboxylic acids is 4. The van der Waals surface area contributed by atoms with E-state index in [1.54, 1.807) is 0 Å². The van der Waals surface area contributed by atoms with Crippen molar-refractivity contribution in [2.45, 2.75) is 155 Å². The molecule has 52 heavy (non-hydrogen) atoms. The number of aliphatic carboxylic acids is 1. The summed E-state index contributed by atoms with van der Waals surface area (Å²) >= 11 is 0. The highest BCUT2D eigenvalue weighted by molar-refractivity contribution is 5.84. The van der Waals surface area contributed by atoms with Gasteiger partial charge in [0, 0.05) is 25.9 Å². The maximum absolute atomic E-state index is 12.3. The molecule has 4 N–H and O–H groups in total. The lowest BCUT2D eigenvalue weighted by Crippen LogP contribution is -2.41. The van der Waals surface area contributed by atoms with Crippen LogP contribution in [0.5, 0.6) is 0 Å². The second-order valence-corrected chi connectivity index (χ2v) is 13.5. The SMILES string of the molecule is CCCCCCCCCCCCCCCCCCCCC(=O)N[C@@H](CCC(=O)NCCOCCOCC(=O)NCCOCCOCC(C)=O)C(=O)O. The maximum Gasteiger partial charge on any atom is 0.326 e. The summed E-state index contributed by atoms with van der Waals surface area (Å²) in [5, 5.41) is 17.4. The van der Waals surface area contributed by atoms with E-state index in [1.165, 1.54) is 103 Å². The smallest absolute Gasteiger partial charge is 0.326 e. The fourth-order valence-electron chi connectivity index (χ4n) is 5.47. The first kappa shape index (κ1) is 49.4. The Morgan fingerprint density at radius 1 is 0.500 bits per heavy atom. The lowest BCUT2D eigenvalue weighted by Gasteiger charge is -2.14. The Labute approximate surface area is 313 Å². The molecule has 3 amide bonds. The van der Waals surface area contributed by atoms with Crippen molar-refractivity contribution in [3.63, 3.8) is 0 Å². The number of carboxylic acid groups (broad SMARTS) is 1. The number of ether oxygens (including phenoxy) is 4. The number of rotatable bonds is 40. The van der Waals surface area contributed by atoms with Gasteiger partial charge in [0.25, 0.3) is 0 Å². The Kier molecular flexibility index (Phi) is 36.2. The van der Waals surface area contributed by atoms with E-state index in [0.717, 1.165) is 19.3 Å². The van der Waals surface area contributed by atoms with Gasteiger partial charge in [0.15, 0.2) is 5.78 Å². The van der Waals surface area contributed by atoms with E-state index in [-0.39, 0.29) is 82.3 Å². The van der Waals surface area contributed by atoms with Gasteiger partial charge in [-0.15, -0.1) is 0 Å². The van der Waals surface area contributed by atoms with Gasteiger partial charge in [-0.25, -0.2) is 4.79 Å². The molecule has 0 saturated heterocycles. The minimum Gasteiger partial charge on any atom is -0.480 e. The molecule has 0 aromatic rings.